The number of carbonyl (C=O) groups excluding carboxylic acids is 1. The van der Waals surface area contributed by atoms with Crippen molar-refractivity contribution in [1.82, 2.24) is 20.1 Å². The van der Waals surface area contributed by atoms with Crippen LogP contribution in [0.2, 0.25) is 0 Å². The molecule has 0 spiro atoms. The molecule has 27 heavy (non-hydrogen) atoms. The van der Waals surface area contributed by atoms with Crippen LogP contribution in [-0.2, 0) is 7.05 Å². The van der Waals surface area contributed by atoms with Gasteiger partial charge in [0.05, 0.1) is 22.7 Å². The van der Waals surface area contributed by atoms with E-state index in [0.717, 1.165) is 35.3 Å². The highest BCUT2D eigenvalue weighted by atomic mass is 16.1. The summed E-state index contributed by atoms with van der Waals surface area (Å²) in [5.41, 5.74) is 4.27. The Kier molecular flexibility index (Phi) is 4.68. The van der Waals surface area contributed by atoms with E-state index in [9.17, 15) is 4.79 Å². The van der Waals surface area contributed by atoms with Crippen LogP contribution in [0.3, 0.4) is 0 Å². The summed E-state index contributed by atoms with van der Waals surface area (Å²) < 4.78 is 1.75. The minimum Gasteiger partial charge on any atom is -0.345 e. The molecular formula is C22H26N4O. The lowest BCUT2D eigenvalue weighted by Gasteiger charge is -2.25. The molecule has 5 nitrogen and oxygen atoms in total. The van der Waals surface area contributed by atoms with E-state index in [2.05, 4.69) is 27.5 Å². The minimum absolute atomic E-state index is 0.0395. The lowest BCUT2D eigenvalue weighted by atomic mass is 9.91. The summed E-state index contributed by atoms with van der Waals surface area (Å²) in [7, 11) is 1.87. The third kappa shape index (κ3) is 3.34. The zero-order valence-electron chi connectivity index (χ0n) is 16.2. The van der Waals surface area contributed by atoms with Crippen LogP contribution in [0, 0.1) is 19.8 Å². The highest BCUT2D eigenvalue weighted by Gasteiger charge is 2.29. The molecule has 1 aliphatic carbocycles. The van der Waals surface area contributed by atoms with E-state index in [0.29, 0.717) is 11.5 Å². The van der Waals surface area contributed by atoms with Crippen molar-refractivity contribution >= 4 is 16.9 Å². The molecule has 0 aliphatic heterocycles. The second-order valence-corrected chi connectivity index (χ2v) is 7.63. The van der Waals surface area contributed by atoms with Crippen molar-refractivity contribution in [2.45, 2.75) is 45.6 Å². The molecule has 140 valence electrons. The van der Waals surface area contributed by atoms with Crippen molar-refractivity contribution < 1.29 is 4.79 Å². The highest BCUT2D eigenvalue weighted by Crippen LogP contribution is 2.36. The molecule has 5 heteroatoms. The molecular weight excluding hydrogens is 336 g/mol. The number of benzene rings is 1. The molecule has 2 heterocycles. The van der Waals surface area contributed by atoms with Gasteiger partial charge in [-0.05, 0) is 44.2 Å². The van der Waals surface area contributed by atoms with Crippen molar-refractivity contribution in [3.63, 3.8) is 0 Å². The molecule has 1 fully saturated rings. The number of nitrogens with zero attached hydrogens (tertiary/aromatic N) is 3. The number of pyridine rings is 1. The summed E-state index contributed by atoms with van der Waals surface area (Å²) in [5.74, 6) is 0.451. The molecule has 0 bridgehead atoms. The molecule has 1 aliphatic rings. The minimum atomic E-state index is -0.0395. The quantitative estimate of drug-likeness (QED) is 0.755. The van der Waals surface area contributed by atoms with Gasteiger partial charge in [-0.2, -0.15) is 5.10 Å². The Morgan fingerprint density at radius 2 is 1.89 bits per heavy atom. The number of carbonyl (C=O) groups is 1. The number of fused-ring (bicyclic) bond motifs is 1. The first-order valence-electron chi connectivity index (χ1n) is 9.71. The standard InChI is InChI=1S/C22H26N4O/c1-14-13-18(19-15(2)25-26(3)21(19)23-14)22(27)24-20(17-11-7-8-12-17)16-9-5-4-6-10-16/h4-6,9-10,13,17,20H,7-8,11-12H2,1-3H3,(H,24,27). The van der Waals surface area contributed by atoms with Crippen molar-refractivity contribution in [2.75, 3.05) is 0 Å². The zero-order chi connectivity index (χ0) is 19.0. The van der Waals surface area contributed by atoms with Crippen LogP contribution in [0.1, 0.15) is 59.0 Å². The second-order valence-electron chi connectivity index (χ2n) is 7.63. The molecule has 3 aromatic rings. The summed E-state index contributed by atoms with van der Waals surface area (Å²) in [4.78, 5) is 17.9. The number of amides is 1. The maximum atomic E-state index is 13.3. The predicted octanol–water partition coefficient (Wildman–Crippen LogP) is 4.25. The topological polar surface area (TPSA) is 59.8 Å². The number of aromatic nitrogens is 3. The summed E-state index contributed by atoms with van der Waals surface area (Å²) in [5, 5.41) is 8.65. The zero-order valence-corrected chi connectivity index (χ0v) is 16.2. The largest absolute Gasteiger partial charge is 0.345 e. The van der Waals surface area contributed by atoms with Crippen LogP contribution < -0.4 is 5.32 Å². The molecule has 0 saturated heterocycles. The first kappa shape index (κ1) is 17.7. The van der Waals surface area contributed by atoms with Gasteiger partial charge in [-0.3, -0.25) is 9.48 Å². The van der Waals surface area contributed by atoms with E-state index in [1.54, 1.807) is 4.68 Å². The first-order chi connectivity index (χ1) is 13.0. The average molecular weight is 362 g/mol. The maximum Gasteiger partial charge on any atom is 0.252 e. The predicted molar refractivity (Wildman–Crippen MR) is 107 cm³/mol. The SMILES string of the molecule is Cc1cc(C(=O)NC(c2ccccc2)C2CCCC2)c2c(C)nn(C)c2n1. The summed E-state index contributed by atoms with van der Waals surface area (Å²) in [6, 6.07) is 12.3. The Hall–Kier alpha value is -2.69. The number of rotatable bonds is 4. The van der Waals surface area contributed by atoms with Gasteiger partial charge in [-0.1, -0.05) is 43.2 Å². The van der Waals surface area contributed by atoms with E-state index < -0.39 is 0 Å². The van der Waals surface area contributed by atoms with E-state index >= 15 is 0 Å². The van der Waals surface area contributed by atoms with E-state index in [4.69, 9.17) is 0 Å². The van der Waals surface area contributed by atoms with Gasteiger partial charge in [0, 0.05) is 12.7 Å². The van der Waals surface area contributed by atoms with Crippen LogP contribution in [0.25, 0.3) is 11.0 Å². The van der Waals surface area contributed by atoms with E-state index in [1.807, 2.05) is 45.2 Å². The monoisotopic (exact) mass is 362 g/mol. The summed E-state index contributed by atoms with van der Waals surface area (Å²) in [6.07, 6.45) is 4.81. The third-order valence-corrected chi connectivity index (χ3v) is 5.66. The number of nitrogens with one attached hydrogen (secondary N) is 1. The van der Waals surface area contributed by atoms with Crippen molar-refractivity contribution in [3.8, 4) is 0 Å². The van der Waals surface area contributed by atoms with Gasteiger partial charge in [-0.15, -0.1) is 0 Å². The van der Waals surface area contributed by atoms with E-state index in [-0.39, 0.29) is 11.9 Å². The van der Waals surface area contributed by atoms with Gasteiger partial charge in [0.1, 0.15) is 0 Å². The van der Waals surface area contributed by atoms with Gasteiger partial charge < -0.3 is 5.32 Å². The normalized spacial score (nSPS) is 16.0. The van der Waals surface area contributed by atoms with Crippen molar-refractivity contribution in [3.05, 3.63) is 58.9 Å². The molecule has 2 aromatic heterocycles. The van der Waals surface area contributed by atoms with Gasteiger partial charge in [0.15, 0.2) is 5.65 Å². The molecule has 1 unspecified atom stereocenters. The lowest BCUT2D eigenvalue weighted by molar-refractivity contribution is 0.0923. The fraction of sp³-hybridized carbons (Fsp3) is 0.409. The Morgan fingerprint density at radius 3 is 2.59 bits per heavy atom. The maximum absolute atomic E-state index is 13.3. The first-order valence-corrected chi connectivity index (χ1v) is 9.71. The van der Waals surface area contributed by atoms with Gasteiger partial charge in [-0.25, -0.2) is 4.98 Å². The third-order valence-electron chi connectivity index (χ3n) is 5.66. The van der Waals surface area contributed by atoms with Gasteiger partial charge in [0.25, 0.3) is 5.91 Å². The van der Waals surface area contributed by atoms with Crippen LogP contribution in [-0.4, -0.2) is 20.7 Å². The Bertz CT molecular complexity index is 971. The molecule has 1 aromatic carbocycles. The lowest BCUT2D eigenvalue weighted by Crippen LogP contribution is -2.33. The summed E-state index contributed by atoms with van der Waals surface area (Å²) >= 11 is 0. The van der Waals surface area contributed by atoms with Crippen molar-refractivity contribution in [1.29, 1.82) is 0 Å². The number of hydrogen-bond acceptors (Lipinski definition) is 3. The average Bonchev–Trinajstić information content (AvgIpc) is 3.28. The molecule has 1 atom stereocenters. The highest BCUT2D eigenvalue weighted by molar-refractivity contribution is 6.06. The molecule has 0 radical (unpaired) electrons. The number of aryl methyl sites for hydroxylation is 3. The van der Waals surface area contributed by atoms with Crippen LogP contribution in [0.5, 0.6) is 0 Å². The Morgan fingerprint density at radius 1 is 1.19 bits per heavy atom. The molecule has 4 rings (SSSR count). The van der Waals surface area contributed by atoms with Crippen LogP contribution >= 0.6 is 0 Å². The Labute approximate surface area is 159 Å². The summed E-state index contributed by atoms with van der Waals surface area (Å²) in [6.45, 7) is 3.85. The van der Waals surface area contributed by atoms with Crippen LogP contribution in [0.4, 0.5) is 0 Å². The van der Waals surface area contributed by atoms with Crippen LogP contribution in [0.15, 0.2) is 36.4 Å². The van der Waals surface area contributed by atoms with Crippen molar-refractivity contribution in [2.24, 2.45) is 13.0 Å². The molecule has 1 saturated carbocycles. The fourth-order valence-corrected chi connectivity index (χ4v) is 4.39. The molecule has 1 amide bonds. The van der Waals surface area contributed by atoms with E-state index in [1.165, 1.54) is 18.4 Å². The van der Waals surface area contributed by atoms with Gasteiger partial charge in [0.2, 0.25) is 0 Å². The molecule has 1 N–H and O–H groups in total. The second kappa shape index (κ2) is 7.14. The number of hydrogen-bond donors (Lipinski definition) is 1. The smallest absolute Gasteiger partial charge is 0.252 e. The Balaban J connectivity index is 1.72. The fourth-order valence-electron chi connectivity index (χ4n) is 4.39. The van der Waals surface area contributed by atoms with Gasteiger partial charge >= 0.3 is 0 Å².